The Labute approximate surface area is 67.9 Å². The second-order valence-electron chi connectivity index (χ2n) is 3.45. The Hall–Kier alpha value is -0.0900. The van der Waals surface area contributed by atoms with E-state index in [-0.39, 0.29) is 11.7 Å². The predicted molar refractivity (Wildman–Crippen MR) is 42.7 cm³/mol. The van der Waals surface area contributed by atoms with Crippen LogP contribution >= 0.6 is 0 Å². The second kappa shape index (κ2) is 3.11. The molecule has 4 heteroatoms. The van der Waals surface area contributed by atoms with Gasteiger partial charge in [-0.1, -0.05) is 13.8 Å². The Bertz CT molecular complexity index is 220. The molecule has 1 heterocycles. The van der Waals surface area contributed by atoms with E-state index in [9.17, 15) is 8.42 Å². The summed E-state index contributed by atoms with van der Waals surface area (Å²) in [7, 11) is -3.20. The molecule has 0 aromatic rings. The third-order valence-electron chi connectivity index (χ3n) is 1.83. The maximum Gasteiger partial charge on any atom is 0.267 e. The fraction of sp³-hybridized carbons (Fsp3) is 1.00. The zero-order valence-corrected chi connectivity index (χ0v) is 7.73. The van der Waals surface area contributed by atoms with Gasteiger partial charge < -0.3 is 0 Å². The summed E-state index contributed by atoms with van der Waals surface area (Å²) in [5.74, 6) is 0.775. The van der Waals surface area contributed by atoms with Crippen molar-refractivity contribution in [2.45, 2.75) is 20.3 Å². The van der Waals surface area contributed by atoms with Gasteiger partial charge in [-0.3, -0.25) is 4.18 Å². The van der Waals surface area contributed by atoms with E-state index in [1.807, 2.05) is 13.8 Å². The van der Waals surface area contributed by atoms with Crippen molar-refractivity contribution in [2.75, 3.05) is 12.4 Å². The van der Waals surface area contributed by atoms with Crippen molar-refractivity contribution >= 4 is 10.1 Å². The SMILES string of the molecule is CC1COS(=O)(=O)CC(C)C1. The fourth-order valence-corrected chi connectivity index (χ4v) is 2.81. The predicted octanol–water partition coefficient (Wildman–Crippen LogP) is 1.01. The highest BCUT2D eigenvalue weighted by molar-refractivity contribution is 7.86. The maximum atomic E-state index is 11.0. The van der Waals surface area contributed by atoms with Gasteiger partial charge in [0.05, 0.1) is 12.4 Å². The lowest BCUT2D eigenvalue weighted by atomic mass is 10.00. The van der Waals surface area contributed by atoms with Crippen LogP contribution in [-0.2, 0) is 14.3 Å². The highest BCUT2D eigenvalue weighted by atomic mass is 32.2. The molecule has 2 unspecified atom stereocenters. The van der Waals surface area contributed by atoms with Gasteiger partial charge >= 0.3 is 0 Å². The van der Waals surface area contributed by atoms with Crippen LogP contribution in [0.2, 0.25) is 0 Å². The lowest BCUT2D eigenvalue weighted by molar-refractivity contribution is 0.265. The van der Waals surface area contributed by atoms with Crippen molar-refractivity contribution in [3.63, 3.8) is 0 Å². The molecule has 2 atom stereocenters. The molecule has 0 radical (unpaired) electrons. The molecule has 1 saturated heterocycles. The standard InChI is InChI=1S/C7H14O3S/c1-6-3-7(2)5-11(8,9)10-4-6/h6-7H,3-5H2,1-2H3. The highest BCUT2D eigenvalue weighted by Crippen LogP contribution is 2.19. The summed E-state index contributed by atoms with van der Waals surface area (Å²) in [4.78, 5) is 0. The van der Waals surface area contributed by atoms with Gasteiger partial charge in [-0.25, -0.2) is 0 Å². The van der Waals surface area contributed by atoms with E-state index in [1.54, 1.807) is 0 Å². The molecule has 0 amide bonds. The first-order chi connectivity index (χ1) is 4.99. The lowest BCUT2D eigenvalue weighted by Crippen LogP contribution is -2.12. The van der Waals surface area contributed by atoms with Crippen LogP contribution in [0.5, 0.6) is 0 Å². The highest BCUT2D eigenvalue weighted by Gasteiger charge is 2.23. The Kier molecular flexibility index (Phi) is 2.54. The molecule has 0 spiro atoms. The monoisotopic (exact) mass is 178 g/mol. The van der Waals surface area contributed by atoms with Crippen LogP contribution in [0.1, 0.15) is 20.3 Å². The molecule has 0 aromatic heterocycles. The van der Waals surface area contributed by atoms with E-state index < -0.39 is 10.1 Å². The molecule has 0 bridgehead atoms. The molecule has 1 fully saturated rings. The first kappa shape index (κ1) is 9.00. The summed E-state index contributed by atoms with van der Waals surface area (Å²) in [5.41, 5.74) is 0. The molecule has 3 nitrogen and oxygen atoms in total. The van der Waals surface area contributed by atoms with Gasteiger partial charge in [-0.2, -0.15) is 8.42 Å². The fourth-order valence-electron chi connectivity index (χ4n) is 1.44. The number of rotatable bonds is 0. The molecule has 0 saturated carbocycles. The number of hydrogen-bond acceptors (Lipinski definition) is 3. The molecular weight excluding hydrogens is 164 g/mol. The van der Waals surface area contributed by atoms with Gasteiger partial charge in [0.15, 0.2) is 0 Å². The molecule has 66 valence electrons. The average Bonchev–Trinajstić information content (AvgIpc) is 1.90. The van der Waals surface area contributed by atoms with Crippen molar-refractivity contribution < 1.29 is 12.6 Å². The van der Waals surface area contributed by atoms with E-state index in [2.05, 4.69) is 0 Å². The van der Waals surface area contributed by atoms with Crippen molar-refractivity contribution in [3.8, 4) is 0 Å². The van der Waals surface area contributed by atoms with Gasteiger partial charge in [0.25, 0.3) is 10.1 Å². The Morgan fingerprint density at radius 1 is 1.27 bits per heavy atom. The van der Waals surface area contributed by atoms with Gasteiger partial charge in [-0.05, 0) is 18.3 Å². The normalized spacial score (nSPS) is 38.0. The van der Waals surface area contributed by atoms with Crippen LogP contribution < -0.4 is 0 Å². The lowest BCUT2D eigenvalue weighted by Gasteiger charge is -2.07. The average molecular weight is 178 g/mol. The second-order valence-corrected chi connectivity index (χ2v) is 5.14. The van der Waals surface area contributed by atoms with Crippen LogP contribution in [0.3, 0.4) is 0 Å². The van der Waals surface area contributed by atoms with Crippen molar-refractivity contribution in [1.29, 1.82) is 0 Å². The largest absolute Gasteiger partial charge is 0.270 e. The zero-order valence-electron chi connectivity index (χ0n) is 6.91. The first-order valence-corrected chi connectivity index (χ1v) is 5.44. The van der Waals surface area contributed by atoms with Crippen molar-refractivity contribution in [3.05, 3.63) is 0 Å². The summed E-state index contributed by atoms with van der Waals surface area (Å²) >= 11 is 0. The van der Waals surface area contributed by atoms with Gasteiger partial charge in [-0.15, -0.1) is 0 Å². The van der Waals surface area contributed by atoms with E-state index in [4.69, 9.17) is 4.18 Å². The molecule has 1 rings (SSSR count). The van der Waals surface area contributed by atoms with E-state index in [0.29, 0.717) is 12.5 Å². The minimum Gasteiger partial charge on any atom is -0.270 e. The Morgan fingerprint density at radius 3 is 2.55 bits per heavy atom. The third-order valence-corrected chi connectivity index (χ3v) is 3.30. The van der Waals surface area contributed by atoms with Crippen LogP contribution in [-0.4, -0.2) is 20.8 Å². The Balaban J connectivity index is 2.68. The maximum absolute atomic E-state index is 11.0. The quantitative estimate of drug-likeness (QED) is 0.520. The van der Waals surface area contributed by atoms with E-state index in [0.717, 1.165) is 6.42 Å². The smallest absolute Gasteiger partial charge is 0.267 e. The van der Waals surface area contributed by atoms with Crippen molar-refractivity contribution in [2.24, 2.45) is 11.8 Å². The third kappa shape index (κ3) is 2.79. The van der Waals surface area contributed by atoms with Gasteiger partial charge in [0.1, 0.15) is 0 Å². The van der Waals surface area contributed by atoms with Crippen LogP contribution in [0, 0.1) is 11.8 Å². The molecule has 1 aliphatic rings. The molecular formula is C7H14O3S. The van der Waals surface area contributed by atoms with Crippen molar-refractivity contribution in [1.82, 2.24) is 0 Å². The summed E-state index contributed by atoms with van der Waals surface area (Å²) in [6.45, 7) is 4.31. The van der Waals surface area contributed by atoms with E-state index >= 15 is 0 Å². The minimum atomic E-state index is -3.20. The molecule has 0 aromatic carbocycles. The summed E-state index contributed by atoms with van der Waals surface area (Å²) in [6.07, 6.45) is 0.944. The molecule has 11 heavy (non-hydrogen) atoms. The zero-order chi connectivity index (χ0) is 8.48. The van der Waals surface area contributed by atoms with Gasteiger partial charge in [0, 0.05) is 0 Å². The first-order valence-electron chi connectivity index (χ1n) is 3.87. The minimum absolute atomic E-state index is 0.178. The van der Waals surface area contributed by atoms with Gasteiger partial charge in [0.2, 0.25) is 0 Å². The molecule has 0 N–H and O–H groups in total. The summed E-state index contributed by atoms with van der Waals surface area (Å²) in [5, 5.41) is 0. The van der Waals surface area contributed by atoms with Crippen LogP contribution in [0.4, 0.5) is 0 Å². The van der Waals surface area contributed by atoms with Crippen LogP contribution in [0.25, 0.3) is 0 Å². The van der Waals surface area contributed by atoms with Crippen LogP contribution in [0.15, 0.2) is 0 Å². The van der Waals surface area contributed by atoms with E-state index in [1.165, 1.54) is 0 Å². The molecule has 0 aliphatic carbocycles. The topological polar surface area (TPSA) is 43.4 Å². The molecule has 1 aliphatic heterocycles. The summed E-state index contributed by atoms with van der Waals surface area (Å²) < 4.78 is 26.8. The Morgan fingerprint density at radius 2 is 1.91 bits per heavy atom. The number of hydrogen-bond donors (Lipinski definition) is 0. The summed E-state index contributed by atoms with van der Waals surface area (Å²) in [6, 6.07) is 0.